The zero-order valence-electron chi connectivity index (χ0n) is 14.6. The van der Waals surface area contributed by atoms with Crippen molar-refractivity contribution in [1.82, 2.24) is 4.90 Å². The average molecular weight is 364 g/mol. The van der Waals surface area contributed by atoms with Gasteiger partial charge in [0.1, 0.15) is 18.5 Å². The van der Waals surface area contributed by atoms with E-state index in [0.29, 0.717) is 23.9 Å². The normalized spacial score (nSPS) is 12.3. The molecule has 0 aliphatic carbocycles. The first kappa shape index (κ1) is 19.7. The molecule has 5 heteroatoms. The second-order valence-corrected chi connectivity index (χ2v) is 6.42. The number of aliphatic hydroxyl groups excluding tert-OH is 1. The summed E-state index contributed by atoms with van der Waals surface area (Å²) in [7, 11) is 1.70. The number of aliphatic hydroxyl groups is 1. The maximum atomic E-state index is 10.3. The van der Waals surface area contributed by atoms with E-state index in [2.05, 4.69) is 17.0 Å². The maximum absolute atomic E-state index is 10.3. The second kappa shape index (κ2) is 11.1. The molecule has 0 unspecified atom stereocenters. The van der Waals surface area contributed by atoms with Crippen molar-refractivity contribution in [3.63, 3.8) is 0 Å². The Balaban J connectivity index is 1.84. The summed E-state index contributed by atoms with van der Waals surface area (Å²) in [6, 6.07) is 17.4. The van der Waals surface area contributed by atoms with Crippen molar-refractivity contribution in [3.8, 4) is 5.75 Å². The molecule has 1 N–H and O–H groups in total. The van der Waals surface area contributed by atoms with E-state index in [0.717, 1.165) is 19.5 Å². The maximum Gasteiger partial charge on any atom is 0.119 e. The van der Waals surface area contributed by atoms with Crippen LogP contribution in [0.3, 0.4) is 0 Å². The van der Waals surface area contributed by atoms with Crippen LogP contribution in [0.5, 0.6) is 5.75 Å². The van der Waals surface area contributed by atoms with E-state index >= 15 is 0 Å². The molecule has 2 aromatic rings. The Kier molecular flexibility index (Phi) is 8.77. The molecular formula is C20H26ClNO3. The highest BCUT2D eigenvalue weighted by molar-refractivity contribution is 6.30. The van der Waals surface area contributed by atoms with Gasteiger partial charge in [-0.3, -0.25) is 4.90 Å². The summed E-state index contributed by atoms with van der Waals surface area (Å²) < 4.78 is 10.8. The van der Waals surface area contributed by atoms with Gasteiger partial charge in [0.25, 0.3) is 0 Å². The van der Waals surface area contributed by atoms with Gasteiger partial charge in [0, 0.05) is 38.4 Å². The van der Waals surface area contributed by atoms with E-state index < -0.39 is 6.10 Å². The van der Waals surface area contributed by atoms with Crippen LogP contribution in [0.2, 0.25) is 5.02 Å². The number of halogens is 1. The summed E-state index contributed by atoms with van der Waals surface area (Å²) in [5.41, 5.74) is 1.23. The van der Waals surface area contributed by atoms with Gasteiger partial charge in [0.05, 0.1) is 0 Å². The summed E-state index contributed by atoms with van der Waals surface area (Å²) in [4.78, 5) is 2.23. The van der Waals surface area contributed by atoms with Crippen molar-refractivity contribution in [1.29, 1.82) is 0 Å². The quantitative estimate of drug-likeness (QED) is 0.619. The zero-order valence-corrected chi connectivity index (χ0v) is 15.4. The van der Waals surface area contributed by atoms with E-state index in [1.54, 1.807) is 31.4 Å². The van der Waals surface area contributed by atoms with Crippen LogP contribution in [0, 0.1) is 0 Å². The number of hydrogen-bond acceptors (Lipinski definition) is 4. The predicted octanol–water partition coefficient (Wildman–Crippen LogP) is 3.62. The summed E-state index contributed by atoms with van der Waals surface area (Å²) in [5, 5.41) is 11.0. The minimum absolute atomic E-state index is 0.247. The van der Waals surface area contributed by atoms with Crippen LogP contribution in [-0.4, -0.2) is 49.5 Å². The van der Waals surface area contributed by atoms with Crippen molar-refractivity contribution in [2.75, 3.05) is 33.4 Å². The standard InChI is InChI=1S/C20H26ClNO3/c1-24-13-5-12-22(14-17-6-3-2-4-7-17)15-19(23)16-25-20-10-8-18(21)9-11-20/h2-4,6-11,19,23H,5,12-16H2,1H3/t19-/m1/s1. The van der Waals surface area contributed by atoms with Crippen LogP contribution in [0.15, 0.2) is 54.6 Å². The van der Waals surface area contributed by atoms with E-state index in [4.69, 9.17) is 21.1 Å². The molecule has 136 valence electrons. The lowest BCUT2D eigenvalue weighted by Crippen LogP contribution is -2.36. The first-order chi connectivity index (χ1) is 12.2. The minimum atomic E-state index is -0.568. The van der Waals surface area contributed by atoms with Crippen LogP contribution < -0.4 is 4.74 Å². The fraction of sp³-hybridized carbons (Fsp3) is 0.400. The largest absolute Gasteiger partial charge is 0.491 e. The zero-order chi connectivity index (χ0) is 17.9. The highest BCUT2D eigenvalue weighted by atomic mass is 35.5. The van der Waals surface area contributed by atoms with Crippen molar-refractivity contribution < 1.29 is 14.6 Å². The number of methoxy groups -OCH3 is 1. The molecule has 0 aliphatic heterocycles. The molecule has 0 saturated carbocycles. The second-order valence-electron chi connectivity index (χ2n) is 5.99. The summed E-state index contributed by atoms with van der Waals surface area (Å²) in [6.07, 6.45) is 0.357. The Morgan fingerprint density at radius 3 is 2.48 bits per heavy atom. The molecule has 0 fully saturated rings. The first-order valence-corrected chi connectivity index (χ1v) is 8.87. The topological polar surface area (TPSA) is 41.9 Å². The molecule has 0 spiro atoms. The van der Waals surface area contributed by atoms with Crippen molar-refractivity contribution >= 4 is 11.6 Å². The molecular weight excluding hydrogens is 338 g/mol. The average Bonchev–Trinajstić information content (AvgIpc) is 2.62. The highest BCUT2D eigenvalue weighted by Gasteiger charge is 2.13. The van der Waals surface area contributed by atoms with Gasteiger partial charge in [-0.25, -0.2) is 0 Å². The molecule has 0 heterocycles. The molecule has 0 aliphatic rings. The summed E-state index contributed by atoms with van der Waals surface area (Å²) in [6.45, 7) is 3.16. The lowest BCUT2D eigenvalue weighted by molar-refractivity contribution is 0.0617. The van der Waals surface area contributed by atoms with E-state index in [1.165, 1.54) is 5.56 Å². The first-order valence-electron chi connectivity index (χ1n) is 8.49. The fourth-order valence-electron chi connectivity index (χ4n) is 2.58. The SMILES string of the molecule is COCCCN(Cc1ccccc1)C[C@@H](O)COc1ccc(Cl)cc1. The van der Waals surface area contributed by atoms with Gasteiger partial charge in [0.2, 0.25) is 0 Å². The lowest BCUT2D eigenvalue weighted by Gasteiger charge is -2.25. The van der Waals surface area contributed by atoms with Crippen LogP contribution >= 0.6 is 11.6 Å². The molecule has 2 aromatic carbocycles. The number of ether oxygens (including phenoxy) is 2. The third-order valence-corrected chi connectivity index (χ3v) is 4.05. The van der Waals surface area contributed by atoms with Crippen LogP contribution in [0.25, 0.3) is 0 Å². The van der Waals surface area contributed by atoms with E-state index in [9.17, 15) is 5.11 Å². The Morgan fingerprint density at radius 2 is 1.80 bits per heavy atom. The van der Waals surface area contributed by atoms with E-state index in [1.807, 2.05) is 18.2 Å². The molecule has 1 atom stereocenters. The van der Waals surface area contributed by atoms with Gasteiger partial charge in [-0.2, -0.15) is 0 Å². The number of nitrogens with zero attached hydrogens (tertiary/aromatic N) is 1. The van der Waals surface area contributed by atoms with Gasteiger partial charge in [-0.15, -0.1) is 0 Å². The predicted molar refractivity (Wildman–Crippen MR) is 101 cm³/mol. The van der Waals surface area contributed by atoms with Crippen molar-refractivity contribution in [2.24, 2.45) is 0 Å². The number of rotatable bonds is 11. The van der Waals surface area contributed by atoms with Crippen LogP contribution in [-0.2, 0) is 11.3 Å². The molecule has 4 nitrogen and oxygen atoms in total. The third-order valence-electron chi connectivity index (χ3n) is 3.80. The number of hydrogen-bond donors (Lipinski definition) is 1. The highest BCUT2D eigenvalue weighted by Crippen LogP contribution is 2.16. The van der Waals surface area contributed by atoms with Gasteiger partial charge in [0.15, 0.2) is 0 Å². The minimum Gasteiger partial charge on any atom is -0.491 e. The molecule has 0 amide bonds. The molecule has 0 aromatic heterocycles. The van der Waals surface area contributed by atoms with Gasteiger partial charge in [-0.05, 0) is 36.2 Å². The Labute approximate surface area is 154 Å². The smallest absolute Gasteiger partial charge is 0.119 e. The third kappa shape index (κ3) is 7.88. The molecule has 2 rings (SSSR count). The van der Waals surface area contributed by atoms with Crippen molar-refractivity contribution in [3.05, 3.63) is 65.2 Å². The van der Waals surface area contributed by atoms with Crippen molar-refractivity contribution in [2.45, 2.75) is 19.1 Å². The monoisotopic (exact) mass is 363 g/mol. The Bertz CT molecular complexity index is 592. The fourth-order valence-corrected chi connectivity index (χ4v) is 2.71. The Hall–Kier alpha value is -1.59. The molecule has 0 bridgehead atoms. The summed E-state index contributed by atoms with van der Waals surface area (Å²) in [5.74, 6) is 0.706. The van der Waals surface area contributed by atoms with Gasteiger partial charge < -0.3 is 14.6 Å². The Morgan fingerprint density at radius 1 is 1.08 bits per heavy atom. The van der Waals surface area contributed by atoms with Gasteiger partial charge >= 0.3 is 0 Å². The number of benzene rings is 2. The lowest BCUT2D eigenvalue weighted by atomic mass is 10.2. The van der Waals surface area contributed by atoms with Gasteiger partial charge in [-0.1, -0.05) is 41.9 Å². The molecule has 25 heavy (non-hydrogen) atoms. The molecule has 0 saturated heterocycles. The van der Waals surface area contributed by atoms with Crippen LogP contribution in [0.1, 0.15) is 12.0 Å². The van der Waals surface area contributed by atoms with Crippen LogP contribution in [0.4, 0.5) is 0 Å². The van der Waals surface area contributed by atoms with E-state index in [-0.39, 0.29) is 6.61 Å². The molecule has 0 radical (unpaired) electrons. The summed E-state index contributed by atoms with van der Waals surface area (Å²) >= 11 is 5.86.